The normalized spacial score (nSPS) is 13.4. The van der Waals surface area contributed by atoms with Crippen molar-refractivity contribution in [3.8, 4) is 0 Å². The van der Waals surface area contributed by atoms with Gasteiger partial charge in [0.1, 0.15) is 23.9 Å². The Morgan fingerprint density at radius 2 is 1.55 bits per heavy atom. The van der Waals surface area contributed by atoms with E-state index in [2.05, 4.69) is 41.2 Å². The van der Waals surface area contributed by atoms with Gasteiger partial charge in [0.15, 0.2) is 11.2 Å². The van der Waals surface area contributed by atoms with Crippen LogP contribution in [-0.2, 0) is 30.5 Å². The van der Waals surface area contributed by atoms with Crippen molar-refractivity contribution in [3.05, 3.63) is 52.1 Å². The van der Waals surface area contributed by atoms with Crippen LogP contribution in [0.5, 0.6) is 0 Å². The van der Waals surface area contributed by atoms with Crippen molar-refractivity contribution < 1.29 is 39.0 Å². The highest BCUT2D eigenvalue weighted by Crippen LogP contribution is 2.13. The number of fused-ring (bicyclic) bond motifs is 1. The minimum Gasteiger partial charge on any atom is -0.480 e. The number of H-pyrrole nitrogens is 1. The lowest BCUT2D eigenvalue weighted by Gasteiger charge is -2.19. The summed E-state index contributed by atoms with van der Waals surface area (Å²) in [7, 11) is 0. The lowest BCUT2D eigenvalue weighted by Crippen LogP contribution is -2.53. The van der Waals surface area contributed by atoms with Gasteiger partial charge in [-0.05, 0) is 50.5 Å². The molecule has 0 radical (unpaired) electrons. The van der Waals surface area contributed by atoms with E-state index in [1.807, 2.05) is 0 Å². The van der Waals surface area contributed by atoms with E-state index in [1.54, 1.807) is 19.1 Å². The van der Waals surface area contributed by atoms with Gasteiger partial charge in [-0.3, -0.25) is 29.0 Å². The second-order valence-corrected chi connectivity index (χ2v) is 11.0. The fourth-order valence-corrected chi connectivity index (χ4v) is 4.39. The number of aliphatic carboxylic acids is 2. The third kappa shape index (κ3) is 11.1. The van der Waals surface area contributed by atoms with Gasteiger partial charge in [-0.2, -0.15) is 4.98 Å². The summed E-state index contributed by atoms with van der Waals surface area (Å²) in [4.78, 5) is 99.3. The quantitative estimate of drug-likeness (QED) is 0.0779. The number of nitrogen functional groups attached to an aromatic ring is 1. The lowest BCUT2D eigenvalue weighted by atomic mass is 10.0. The first kappa shape index (κ1) is 37.5. The minimum absolute atomic E-state index is 0.0286. The molecular weight excluding hydrogens is 644 g/mol. The summed E-state index contributed by atoms with van der Waals surface area (Å²) >= 11 is 0. The van der Waals surface area contributed by atoms with Crippen LogP contribution in [-0.4, -0.2) is 89.8 Å². The fraction of sp³-hybridized carbons (Fsp3) is 0.400. The Hall–Kier alpha value is -5.98. The number of benzene rings is 1. The first-order valence-corrected chi connectivity index (χ1v) is 15.2. The van der Waals surface area contributed by atoms with E-state index in [4.69, 9.17) is 16.6 Å². The molecule has 0 bridgehead atoms. The number of rotatable bonds is 18. The number of aromatic nitrogens is 4. The van der Waals surface area contributed by atoms with E-state index in [0.29, 0.717) is 11.4 Å². The molecule has 19 nitrogen and oxygen atoms in total. The molecule has 19 heteroatoms. The molecule has 0 spiro atoms. The zero-order chi connectivity index (χ0) is 36.2. The predicted molar refractivity (Wildman–Crippen MR) is 174 cm³/mol. The third-order valence-electron chi connectivity index (χ3n) is 7.27. The van der Waals surface area contributed by atoms with E-state index in [-0.39, 0.29) is 61.3 Å². The number of hydrogen-bond donors (Lipinski definition) is 9. The number of ketones is 1. The first-order valence-electron chi connectivity index (χ1n) is 15.2. The highest BCUT2D eigenvalue weighted by Gasteiger charge is 2.25. The Bertz CT molecular complexity index is 1760. The van der Waals surface area contributed by atoms with Gasteiger partial charge in [0.2, 0.25) is 17.8 Å². The van der Waals surface area contributed by atoms with E-state index in [0.717, 1.165) is 0 Å². The number of carboxylic acids is 2. The van der Waals surface area contributed by atoms with Crippen molar-refractivity contribution in [1.29, 1.82) is 0 Å². The van der Waals surface area contributed by atoms with Crippen LogP contribution >= 0.6 is 0 Å². The average molecular weight is 683 g/mol. The maximum absolute atomic E-state index is 12.7. The van der Waals surface area contributed by atoms with Crippen molar-refractivity contribution in [2.45, 2.75) is 76.7 Å². The molecule has 49 heavy (non-hydrogen) atoms. The molecule has 0 saturated heterocycles. The van der Waals surface area contributed by atoms with E-state index >= 15 is 0 Å². The number of nitrogens with one attached hydrogen (secondary N) is 5. The Kier molecular flexibility index (Phi) is 13.2. The zero-order valence-corrected chi connectivity index (χ0v) is 26.7. The Balaban J connectivity index is 1.44. The van der Waals surface area contributed by atoms with E-state index in [1.165, 1.54) is 25.3 Å². The number of amides is 3. The molecule has 3 aromatic rings. The largest absolute Gasteiger partial charge is 0.480 e. The van der Waals surface area contributed by atoms with Gasteiger partial charge in [-0.15, -0.1) is 0 Å². The number of nitrogens with zero attached hydrogens (tertiary/aromatic N) is 3. The number of carbonyl (C=O) groups excluding carboxylic acids is 4. The molecule has 0 unspecified atom stereocenters. The van der Waals surface area contributed by atoms with Gasteiger partial charge < -0.3 is 42.9 Å². The number of carboxylic acid groups (broad SMARTS) is 2. The average Bonchev–Trinajstić information content (AvgIpc) is 3.06. The molecule has 2 heterocycles. The van der Waals surface area contributed by atoms with Gasteiger partial charge in [0.25, 0.3) is 11.5 Å². The summed E-state index contributed by atoms with van der Waals surface area (Å²) in [5.41, 5.74) is 12.2. The zero-order valence-electron chi connectivity index (χ0n) is 26.7. The number of anilines is 2. The minimum atomic E-state index is -1.37. The summed E-state index contributed by atoms with van der Waals surface area (Å²) in [5, 5.41) is 28.8. The smallest absolute Gasteiger partial charge is 0.326 e. The number of hydrogen-bond acceptors (Lipinski definition) is 13. The molecule has 4 atom stereocenters. The van der Waals surface area contributed by atoms with E-state index in [9.17, 15) is 38.7 Å². The maximum Gasteiger partial charge on any atom is 0.326 e. The summed E-state index contributed by atoms with van der Waals surface area (Å²) in [6.45, 7) is 3.12. The monoisotopic (exact) mass is 682 g/mol. The van der Waals surface area contributed by atoms with Gasteiger partial charge in [0, 0.05) is 24.1 Å². The fourth-order valence-electron chi connectivity index (χ4n) is 4.39. The van der Waals surface area contributed by atoms with Crippen molar-refractivity contribution in [1.82, 2.24) is 35.9 Å². The standard InChI is InChI=1S/C30H38N10O9/c1-3-20(28(46)47)37-24(42)14(2)35-26(44)19(31)10-8-18(41)9-11-21(29(48)49)38-25(43)15-4-6-16(7-5-15)33-12-17-13-34-23-22(36-17)27(45)40-30(32)39-23/h4-7,13-14,19-21,33H,3,8-12,31H2,1-2H3,(H,35,44)(H,37,42)(H,38,43)(H,46,47)(H,48,49)(H3,32,34,39,40,45)/t14-,19-,20-,21+/m0/s1. The Morgan fingerprint density at radius 1 is 0.898 bits per heavy atom. The van der Waals surface area contributed by atoms with E-state index < -0.39 is 65.2 Å². The van der Waals surface area contributed by atoms with Crippen LogP contribution in [0.1, 0.15) is 62.0 Å². The number of carbonyl (C=O) groups is 6. The topological polar surface area (TPSA) is 315 Å². The molecular formula is C30H38N10O9. The molecule has 0 saturated carbocycles. The molecule has 0 fully saturated rings. The van der Waals surface area contributed by atoms with Crippen molar-refractivity contribution in [3.63, 3.8) is 0 Å². The molecule has 2 aromatic heterocycles. The number of Topliss-reactive ketones (excluding diaryl/α,β-unsaturated/α-hetero) is 1. The third-order valence-corrected chi connectivity index (χ3v) is 7.27. The lowest BCUT2D eigenvalue weighted by molar-refractivity contribution is -0.142. The summed E-state index contributed by atoms with van der Waals surface area (Å²) in [6.07, 6.45) is 0.907. The van der Waals surface area contributed by atoms with Gasteiger partial charge in [-0.25, -0.2) is 19.6 Å². The summed E-state index contributed by atoms with van der Waals surface area (Å²) in [6, 6.07) is 1.39. The van der Waals surface area contributed by atoms with Crippen molar-refractivity contribution in [2.24, 2.45) is 5.73 Å². The van der Waals surface area contributed by atoms with Crippen LogP contribution in [0.15, 0.2) is 35.3 Å². The van der Waals surface area contributed by atoms with Crippen LogP contribution in [0.3, 0.4) is 0 Å². The van der Waals surface area contributed by atoms with Gasteiger partial charge >= 0.3 is 11.9 Å². The molecule has 0 aliphatic heterocycles. The highest BCUT2D eigenvalue weighted by molar-refractivity contribution is 5.97. The first-order chi connectivity index (χ1) is 23.2. The molecule has 0 aliphatic carbocycles. The number of aromatic amines is 1. The highest BCUT2D eigenvalue weighted by atomic mass is 16.4. The second kappa shape index (κ2) is 17.3. The summed E-state index contributed by atoms with van der Waals surface area (Å²) in [5.74, 6) is -5.14. The second-order valence-electron chi connectivity index (χ2n) is 11.0. The van der Waals surface area contributed by atoms with Gasteiger partial charge in [-0.1, -0.05) is 6.92 Å². The van der Waals surface area contributed by atoms with Crippen molar-refractivity contribution in [2.75, 3.05) is 11.1 Å². The summed E-state index contributed by atoms with van der Waals surface area (Å²) < 4.78 is 0. The molecule has 1 aromatic carbocycles. The van der Waals surface area contributed by atoms with Crippen LogP contribution in [0.25, 0.3) is 11.2 Å². The number of nitrogens with two attached hydrogens (primary N) is 2. The van der Waals surface area contributed by atoms with Crippen LogP contribution in [0, 0.1) is 0 Å². The predicted octanol–water partition coefficient (Wildman–Crippen LogP) is -0.969. The SMILES string of the molecule is CC[C@H](NC(=O)[C@H](C)NC(=O)[C@@H](N)CCC(=O)CC[C@@H](NC(=O)c1ccc(NCc2cnc3nc(N)[nH]c(=O)c3n2)cc1)C(=O)O)C(=O)O. The maximum atomic E-state index is 12.7. The van der Waals surface area contributed by atoms with Crippen molar-refractivity contribution >= 4 is 58.2 Å². The molecule has 3 amide bonds. The van der Waals surface area contributed by atoms with Crippen LogP contribution < -0.4 is 38.3 Å². The van der Waals surface area contributed by atoms with Crippen LogP contribution in [0.4, 0.5) is 11.6 Å². The van der Waals surface area contributed by atoms with Gasteiger partial charge in [0.05, 0.1) is 24.5 Å². The Labute approximate surface area is 278 Å². The van der Waals surface area contributed by atoms with Crippen LogP contribution in [0.2, 0.25) is 0 Å². The Morgan fingerprint density at radius 3 is 2.18 bits per heavy atom. The molecule has 3 rings (SSSR count). The molecule has 11 N–H and O–H groups in total. The molecule has 262 valence electrons. The molecule has 0 aliphatic rings.